The van der Waals surface area contributed by atoms with Gasteiger partial charge in [-0.1, -0.05) is 6.92 Å². The van der Waals surface area contributed by atoms with Crippen molar-refractivity contribution in [1.82, 2.24) is 19.6 Å². The Morgan fingerprint density at radius 2 is 2.04 bits per heavy atom. The molecule has 7 nitrogen and oxygen atoms in total. The van der Waals surface area contributed by atoms with Crippen molar-refractivity contribution in [2.75, 3.05) is 51.8 Å². The average molecular weight is 337 g/mol. The van der Waals surface area contributed by atoms with E-state index < -0.39 is 0 Å². The Labute approximate surface area is 144 Å². The lowest BCUT2D eigenvalue weighted by molar-refractivity contribution is -0.121. The van der Waals surface area contributed by atoms with Gasteiger partial charge >= 0.3 is 0 Å². The zero-order chi connectivity index (χ0) is 17.5. The van der Waals surface area contributed by atoms with Crippen LogP contribution in [0.4, 0.5) is 5.82 Å². The third kappa shape index (κ3) is 4.78. The maximum absolute atomic E-state index is 12.6. The maximum atomic E-state index is 12.6. The Kier molecular flexibility index (Phi) is 7.20. The lowest BCUT2D eigenvalue weighted by Crippen LogP contribution is -2.53. The van der Waals surface area contributed by atoms with Gasteiger partial charge in [0.15, 0.2) is 0 Å². The maximum Gasteiger partial charge on any atom is 0.242 e. The number of nitrogens with zero attached hydrogens (tertiary/aromatic N) is 4. The monoisotopic (exact) mass is 337 g/mol. The fourth-order valence-electron chi connectivity index (χ4n) is 2.93. The minimum atomic E-state index is -0.144. The van der Waals surface area contributed by atoms with E-state index in [0.717, 1.165) is 51.6 Å². The predicted molar refractivity (Wildman–Crippen MR) is 95.2 cm³/mol. The second-order valence-electron chi connectivity index (χ2n) is 6.45. The SMILES string of the molecule is CC[C@@H](C)n1nccc1NC(=O)[C@H](C)N1CCN(CCOC)CC1. The van der Waals surface area contributed by atoms with Crippen LogP contribution in [0.2, 0.25) is 0 Å². The molecule has 1 amide bonds. The molecule has 2 rings (SSSR count). The fourth-order valence-corrected chi connectivity index (χ4v) is 2.93. The normalized spacial score (nSPS) is 19.2. The lowest BCUT2D eigenvalue weighted by Gasteiger charge is -2.37. The number of nitrogens with one attached hydrogen (secondary N) is 1. The molecule has 1 saturated heterocycles. The molecular weight excluding hydrogens is 306 g/mol. The van der Waals surface area contributed by atoms with Crippen molar-refractivity contribution in [3.63, 3.8) is 0 Å². The van der Waals surface area contributed by atoms with Gasteiger partial charge in [0.2, 0.25) is 5.91 Å². The summed E-state index contributed by atoms with van der Waals surface area (Å²) in [7, 11) is 1.73. The minimum Gasteiger partial charge on any atom is -0.383 e. The number of methoxy groups -OCH3 is 1. The van der Waals surface area contributed by atoms with E-state index in [-0.39, 0.29) is 18.0 Å². The van der Waals surface area contributed by atoms with Crippen molar-refractivity contribution < 1.29 is 9.53 Å². The van der Waals surface area contributed by atoms with E-state index in [1.165, 1.54) is 0 Å². The van der Waals surface area contributed by atoms with Gasteiger partial charge in [0.05, 0.1) is 24.9 Å². The Hall–Kier alpha value is -1.44. The molecule has 0 radical (unpaired) electrons. The van der Waals surface area contributed by atoms with Gasteiger partial charge in [0, 0.05) is 45.9 Å². The molecule has 7 heteroatoms. The van der Waals surface area contributed by atoms with Crippen LogP contribution in [0.3, 0.4) is 0 Å². The first-order valence-electron chi connectivity index (χ1n) is 8.86. The predicted octanol–water partition coefficient (Wildman–Crippen LogP) is 1.45. The van der Waals surface area contributed by atoms with Crippen molar-refractivity contribution in [3.8, 4) is 0 Å². The summed E-state index contributed by atoms with van der Waals surface area (Å²) in [5.74, 6) is 0.810. The van der Waals surface area contributed by atoms with E-state index in [1.807, 2.05) is 17.7 Å². The number of amides is 1. The van der Waals surface area contributed by atoms with Gasteiger partial charge in [-0.2, -0.15) is 5.10 Å². The molecule has 0 unspecified atom stereocenters. The number of ether oxygens (including phenoxy) is 1. The largest absolute Gasteiger partial charge is 0.383 e. The Morgan fingerprint density at radius 3 is 2.67 bits per heavy atom. The number of hydrogen-bond donors (Lipinski definition) is 1. The Bertz CT molecular complexity index is 511. The van der Waals surface area contributed by atoms with Crippen LogP contribution < -0.4 is 5.32 Å². The quantitative estimate of drug-likeness (QED) is 0.778. The highest BCUT2D eigenvalue weighted by atomic mass is 16.5. The van der Waals surface area contributed by atoms with Crippen molar-refractivity contribution in [2.24, 2.45) is 0 Å². The molecule has 1 aliphatic rings. The standard InChI is InChI=1S/C17H31N5O2/c1-5-14(2)22-16(6-7-18-22)19-17(23)15(3)21-10-8-20(9-11-21)12-13-24-4/h6-7,14-15H,5,8-13H2,1-4H3,(H,19,23)/t14-,15+/m1/s1. The third-order valence-corrected chi connectivity index (χ3v) is 4.88. The van der Waals surface area contributed by atoms with Crippen LogP contribution in [0.25, 0.3) is 0 Å². The number of hydrogen-bond acceptors (Lipinski definition) is 5. The summed E-state index contributed by atoms with van der Waals surface area (Å²) < 4.78 is 7.01. The highest BCUT2D eigenvalue weighted by molar-refractivity contribution is 5.93. The van der Waals surface area contributed by atoms with Gasteiger partial charge in [-0.3, -0.25) is 14.6 Å². The summed E-state index contributed by atoms with van der Waals surface area (Å²) in [4.78, 5) is 17.2. The number of anilines is 1. The first-order chi connectivity index (χ1) is 11.6. The molecule has 24 heavy (non-hydrogen) atoms. The minimum absolute atomic E-state index is 0.0328. The molecule has 1 N–H and O–H groups in total. The lowest BCUT2D eigenvalue weighted by atomic mass is 10.2. The van der Waals surface area contributed by atoms with Gasteiger partial charge in [0.1, 0.15) is 5.82 Å². The Morgan fingerprint density at radius 1 is 1.33 bits per heavy atom. The number of aromatic nitrogens is 2. The van der Waals surface area contributed by atoms with Gasteiger partial charge in [0.25, 0.3) is 0 Å². The number of piperazine rings is 1. The second-order valence-corrected chi connectivity index (χ2v) is 6.45. The average Bonchev–Trinajstić information content (AvgIpc) is 3.07. The van der Waals surface area contributed by atoms with Crippen LogP contribution in [0.1, 0.15) is 33.2 Å². The van der Waals surface area contributed by atoms with Crippen molar-refractivity contribution in [2.45, 2.75) is 39.3 Å². The zero-order valence-corrected chi connectivity index (χ0v) is 15.4. The van der Waals surface area contributed by atoms with Crippen molar-refractivity contribution in [1.29, 1.82) is 0 Å². The topological polar surface area (TPSA) is 62.6 Å². The van der Waals surface area contributed by atoms with E-state index >= 15 is 0 Å². The highest BCUT2D eigenvalue weighted by Crippen LogP contribution is 2.17. The molecule has 1 fully saturated rings. The summed E-state index contributed by atoms with van der Waals surface area (Å²) in [6.45, 7) is 11.7. The molecule has 0 aromatic carbocycles. The summed E-state index contributed by atoms with van der Waals surface area (Å²) in [5.41, 5.74) is 0. The molecule has 0 bridgehead atoms. The highest BCUT2D eigenvalue weighted by Gasteiger charge is 2.26. The number of carbonyl (C=O) groups is 1. The van der Waals surface area contributed by atoms with Crippen LogP contribution in [0.15, 0.2) is 12.3 Å². The molecule has 0 spiro atoms. The second kappa shape index (κ2) is 9.15. The van der Waals surface area contributed by atoms with Crippen molar-refractivity contribution in [3.05, 3.63) is 12.3 Å². The van der Waals surface area contributed by atoms with E-state index in [2.05, 4.69) is 34.1 Å². The van der Waals surface area contributed by atoms with E-state index in [0.29, 0.717) is 0 Å². The summed E-state index contributed by atoms with van der Waals surface area (Å²) in [5, 5.41) is 7.35. The summed E-state index contributed by atoms with van der Waals surface area (Å²) in [6.07, 6.45) is 2.71. The van der Waals surface area contributed by atoms with Gasteiger partial charge in [-0.25, -0.2) is 4.68 Å². The van der Waals surface area contributed by atoms with Gasteiger partial charge in [-0.15, -0.1) is 0 Å². The van der Waals surface area contributed by atoms with E-state index in [9.17, 15) is 4.79 Å². The summed E-state index contributed by atoms with van der Waals surface area (Å²) >= 11 is 0. The van der Waals surface area contributed by atoms with Crippen LogP contribution in [-0.2, 0) is 9.53 Å². The van der Waals surface area contributed by atoms with Crippen molar-refractivity contribution >= 4 is 11.7 Å². The molecule has 1 aliphatic heterocycles. The molecule has 2 atom stereocenters. The molecule has 1 aromatic heterocycles. The molecule has 2 heterocycles. The molecular formula is C17H31N5O2. The molecule has 0 saturated carbocycles. The molecule has 136 valence electrons. The first-order valence-corrected chi connectivity index (χ1v) is 8.86. The smallest absolute Gasteiger partial charge is 0.242 e. The van der Waals surface area contributed by atoms with Gasteiger partial charge < -0.3 is 10.1 Å². The third-order valence-electron chi connectivity index (χ3n) is 4.88. The molecule has 1 aromatic rings. The van der Waals surface area contributed by atoms with Gasteiger partial charge in [-0.05, 0) is 20.3 Å². The van der Waals surface area contributed by atoms with Crippen LogP contribution in [0.5, 0.6) is 0 Å². The number of rotatable bonds is 8. The summed E-state index contributed by atoms with van der Waals surface area (Å²) in [6, 6.07) is 1.99. The first kappa shape index (κ1) is 18.9. The van der Waals surface area contributed by atoms with E-state index in [4.69, 9.17) is 4.74 Å². The van der Waals surface area contributed by atoms with E-state index in [1.54, 1.807) is 13.3 Å². The Balaban J connectivity index is 1.86. The zero-order valence-electron chi connectivity index (χ0n) is 15.4. The van der Waals surface area contributed by atoms with Crippen LogP contribution in [-0.4, -0.2) is 78.0 Å². The van der Waals surface area contributed by atoms with Crippen LogP contribution in [0, 0.1) is 0 Å². The number of carbonyl (C=O) groups excluding carboxylic acids is 1. The molecule has 0 aliphatic carbocycles. The fraction of sp³-hybridized carbons (Fsp3) is 0.765. The van der Waals surface area contributed by atoms with Crippen LogP contribution >= 0.6 is 0 Å².